The molecule has 1 aromatic carbocycles. The molecular weight excluding hydrogens is 358 g/mol. The summed E-state index contributed by atoms with van der Waals surface area (Å²) in [5.74, 6) is 0.454. The molecule has 2 aromatic rings. The number of aromatic nitrogens is 1. The van der Waals surface area contributed by atoms with Crippen LogP contribution < -0.4 is 10.6 Å². The highest BCUT2D eigenvalue weighted by Gasteiger charge is 2.17. The van der Waals surface area contributed by atoms with Crippen LogP contribution in [-0.4, -0.2) is 30.8 Å². The van der Waals surface area contributed by atoms with E-state index in [2.05, 4.69) is 24.5 Å². The number of ether oxygens (including phenoxy) is 1. The summed E-state index contributed by atoms with van der Waals surface area (Å²) < 4.78 is 5.46. The fourth-order valence-electron chi connectivity index (χ4n) is 3.28. The van der Waals surface area contributed by atoms with Crippen molar-refractivity contribution in [1.29, 1.82) is 0 Å². The van der Waals surface area contributed by atoms with Crippen LogP contribution in [0.5, 0.6) is 0 Å². The first-order chi connectivity index (χ1) is 13.2. The van der Waals surface area contributed by atoms with E-state index in [1.807, 2.05) is 24.3 Å². The number of nitrogens with one attached hydrogen (secondary N) is 2. The molecule has 1 fully saturated rings. The topological polar surface area (TPSA) is 63.2 Å². The summed E-state index contributed by atoms with van der Waals surface area (Å²) in [6.45, 7) is 6.75. The van der Waals surface area contributed by atoms with E-state index in [0.29, 0.717) is 12.5 Å². The number of carbonyl (C=O) groups excluding carboxylic acids is 1. The highest BCUT2D eigenvalue weighted by atomic mass is 32.1. The maximum atomic E-state index is 12.3. The van der Waals surface area contributed by atoms with Crippen molar-refractivity contribution in [2.24, 2.45) is 5.92 Å². The van der Waals surface area contributed by atoms with E-state index < -0.39 is 0 Å². The second-order valence-electron chi connectivity index (χ2n) is 7.09. The maximum Gasteiger partial charge on any atom is 0.411 e. The van der Waals surface area contributed by atoms with Crippen molar-refractivity contribution in [1.82, 2.24) is 10.3 Å². The van der Waals surface area contributed by atoms with E-state index in [4.69, 9.17) is 9.72 Å². The zero-order valence-corrected chi connectivity index (χ0v) is 17.0. The Balaban J connectivity index is 1.65. The molecule has 0 spiro atoms. The molecule has 1 aromatic heterocycles. The number of benzene rings is 1. The molecule has 1 aliphatic rings. The molecule has 0 radical (unpaired) electrons. The summed E-state index contributed by atoms with van der Waals surface area (Å²) in [6.07, 6.45) is 5.14. The minimum atomic E-state index is -0.388. The predicted octanol–water partition coefficient (Wildman–Crippen LogP) is 5.01. The summed E-state index contributed by atoms with van der Waals surface area (Å²) in [5.41, 5.74) is 2.79. The standard InChI is InChI=1S/C21H29N3O2S/c1-3-4-9-19-15(2)23-20(27-19)17-7-5-6-8-18(17)24-21(25)26-14-16-10-12-22-13-11-16/h5-8,16,22H,3-4,9-14H2,1-2H3,(H,24,25). The molecule has 1 aliphatic heterocycles. The average molecular weight is 388 g/mol. The number of nitrogens with zero attached hydrogens (tertiary/aromatic N) is 1. The van der Waals surface area contributed by atoms with E-state index >= 15 is 0 Å². The molecule has 0 unspecified atom stereocenters. The number of hydrogen-bond acceptors (Lipinski definition) is 5. The number of amides is 1. The fraction of sp³-hybridized carbons (Fsp3) is 0.524. The van der Waals surface area contributed by atoms with E-state index in [1.165, 1.54) is 17.7 Å². The summed E-state index contributed by atoms with van der Waals surface area (Å²) in [7, 11) is 0. The highest BCUT2D eigenvalue weighted by Crippen LogP contribution is 2.33. The Bertz CT molecular complexity index is 754. The van der Waals surface area contributed by atoms with Gasteiger partial charge in [0.15, 0.2) is 0 Å². The quantitative estimate of drug-likeness (QED) is 0.701. The largest absolute Gasteiger partial charge is 0.449 e. The van der Waals surface area contributed by atoms with Gasteiger partial charge in [0.1, 0.15) is 5.01 Å². The number of thiazole rings is 1. The first kappa shape index (κ1) is 19.8. The molecule has 2 N–H and O–H groups in total. The first-order valence-electron chi connectivity index (χ1n) is 9.87. The van der Waals surface area contributed by atoms with Gasteiger partial charge in [-0.3, -0.25) is 5.32 Å². The lowest BCUT2D eigenvalue weighted by Crippen LogP contribution is -2.31. The van der Waals surface area contributed by atoms with Crippen LogP contribution in [0.4, 0.5) is 10.5 Å². The number of unbranched alkanes of at least 4 members (excludes halogenated alkanes) is 1. The van der Waals surface area contributed by atoms with Crippen LogP contribution in [-0.2, 0) is 11.2 Å². The van der Waals surface area contributed by atoms with Crippen molar-refractivity contribution in [3.63, 3.8) is 0 Å². The predicted molar refractivity (Wildman–Crippen MR) is 111 cm³/mol. The van der Waals surface area contributed by atoms with E-state index in [9.17, 15) is 4.79 Å². The van der Waals surface area contributed by atoms with Gasteiger partial charge in [0.25, 0.3) is 0 Å². The minimum Gasteiger partial charge on any atom is -0.449 e. The summed E-state index contributed by atoms with van der Waals surface area (Å²) in [6, 6.07) is 7.81. The maximum absolute atomic E-state index is 12.3. The smallest absolute Gasteiger partial charge is 0.411 e. The number of hydrogen-bond donors (Lipinski definition) is 2. The Labute approximate surface area is 165 Å². The molecule has 1 saturated heterocycles. The van der Waals surface area contributed by atoms with Crippen molar-refractivity contribution in [2.75, 3.05) is 25.0 Å². The van der Waals surface area contributed by atoms with Crippen molar-refractivity contribution in [3.05, 3.63) is 34.8 Å². The third kappa shape index (κ3) is 5.53. The molecule has 2 heterocycles. The van der Waals surface area contributed by atoms with E-state index in [1.54, 1.807) is 11.3 Å². The Kier molecular flexibility index (Phi) is 7.24. The lowest BCUT2D eigenvalue weighted by molar-refractivity contribution is 0.131. The number of carbonyl (C=O) groups is 1. The Morgan fingerprint density at radius 2 is 2.11 bits per heavy atom. The number of piperidine rings is 1. The lowest BCUT2D eigenvalue weighted by Gasteiger charge is -2.22. The number of para-hydroxylation sites is 1. The zero-order chi connectivity index (χ0) is 19.1. The van der Waals surface area contributed by atoms with Gasteiger partial charge in [0.2, 0.25) is 0 Å². The molecular formula is C21H29N3O2S. The van der Waals surface area contributed by atoms with Crippen molar-refractivity contribution >= 4 is 23.1 Å². The molecule has 0 atom stereocenters. The molecule has 6 heteroatoms. The Morgan fingerprint density at radius 1 is 1.33 bits per heavy atom. The number of aryl methyl sites for hydroxylation is 2. The number of rotatable bonds is 7. The summed E-state index contributed by atoms with van der Waals surface area (Å²) in [4.78, 5) is 18.4. The van der Waals surface area contributed by atoms with Crippen molar-refractivity contribution in [2.45, 2.75) is 46.0 Å². The van der Waals surface area contributed by atoms with E-state index in [0.717, 1.165) is 54.3 Å². The lowest BCUT2D eigenvalue weighted by atomic mass is 9.99. The normalized spacial score (nSPS) is 14.9. The van der Waals surface area contributed by atoms with Crippen LogP contribution >= 0.6 is 11.3 Å². The SMILES string of the molecule is CCCCc1sc(-c2ccccc2NC(=O)OCC2CCNCC2)nc1C. The average Bonchev–Trinajstić information content (AvgIpc) is 3.06. The summed E-state index contributed by atoms with van der Waals surface area (Å²) in [5, 5.41) is 7.19. The van der Waals surface area contributed by atoms with Gasteiger partial charge in [0.05, 0.1) is 18.0 Å². The minimum absolute atomic E-state index is 0.388. The van der Waals surface area contributed by atoms with Crippen molar-refractivity contribution in [3.8, 4) is 10.6 Å². The molecule has 146 valence electrons. The monoisotopic (exact) mass is 387 g/mol. The third-order valence-electron chi connectivity index (χ3n) is 4.95. The Hall–Kier alpha value is -1.92. The van der Waals surface area contributed by atoms with Gasteiger partial charge < -0.3 is 10.1 Å². The van der Waals surface area contributed by atoms with Gasteiger partial charge in [-0.1, -0.05) is 25.5 Å². The van der Waals surface area contributed by atoms with Crippen LogP contribution in [0.1, 0.15) is 43.2 Å². The number of anilines is 1. The van der Waals surface area contributed by atoms with Crippen LogP contribution in [0, 0.1) is 12.8 Å². The second kappa shape index (κ2) is 9.85. The van der Waals surface area contributed by atoms with Gasteiger partial charge >= 0.3 is 6.09 Å². The Morgan fingerprint density at radius 3 is 2.89 bits per heavy atom. The van der Waals surface area contributed by atoms with Gasteiger partial charge in [0, 0.05) is 10.4 Å². The van der Waals surface area contributed by atoms with Crippen LogP contribution in [0.3, 0.4) is 0 Å². The van der Waals surface area contributed by atoms with Gasteiger partial charge in [-0.25, -0.2) is 9.78 Å². The van der Waals surface area contributed by atoms with E-state index in [-0.39, 0.29) is 6.09 Å². The van der Waals surface area contributed by atoms with Crippen LogP contribution in [0.25, 0.3) is 10.6 Å². The van der Waals surface area contributed by atoms with Crippen molar-refractivity contribution < 1.29 is 9.53 Å². The molecule has 0 aliphatic carbocycles. The molecule has 0 bridgehead atoms. The molecule has 0 saturated carbocycles. The van der Waals surface area contributed by atoms with Crippen LogP contribution in [0.15, 0.2) is 24.3 Å². The summed E-state index contributed by atoms with van der Waals surface area (Å²) >= 11 is 1.72. The molecule has 27 heavy (non-hydrogen) atoms. The molecule has 1 amide bonds. The zero-order valence-electron chi connectivity index (χ0n) is 16.2. The fourth-order valence-corrected chi connectivity index (χ4v) is 4.42. The third-order valence-corrected chi connectivity index (χ3v) is 6.20. The van der Waals surface area contributed by atoms with Gasteiger partial charge in [-0.15, -0.1) is 11.3 Å². The molecule has 3 rings (SSSR count). The first-order valence-corrected chi connectivity index (χ1v) is 10.7. The van der Waals surface area contributed by atoms with Gasteiger partial charge in [-0.05, 0) is 63.7 Å². The second-order valence-corrected chi connectivity index (χ2v) is 8.18. The molecule has 5 nitrogen and oxygen atoms in total. The van der Waals surface area contributed by atoms with Crippen LogP contribution in [0.2, 0.25) is 0 Å². The van der Waals surface area contributed by atoms with Gasteiger partial charge in [-0.2, -0.15) is 0 Å². The highest BCUT2D eigenvalue weighted by molar-refractivity contribution is 7.15.